The molecule has 2 bridgehead atoms. The number of carboxylic acids is 3. The quantitative estimate of drug-likeness (QED) is 0.254. The summed E-state index contributed by atoms with van der Waals surface area (Å²) in [5, 5.41) is 29.9. The number of aldehydes is 2. The Morgan fingerprint density at radius 3 is 1.55 bits per heavy atom. The van der Waals surface area contributed by atoms with Crippen molar-refractivity contribution in [2.24, 2.45) is 0 Å². The first-order chi connectivity index (χ1) is 19.1. The molecule has 0 radical (unpaired) electrons. The van der Waals surface area contributed by atoms with Gasteiger partial charge >= 0.3 is 17.9 Å². The van der Waals surface area contributed by atoms with Crippen molar-refractivity contribution in [2.75, 3.05) is 26.2 Å². The highest BCUT2D eigenvalue weighted by Crippen LogP contribution is 2.18. The van der Waals surface area contributed by atoms with Crippen molar-refractivity contribution >= 4 is 36.3 Å². The molecule has 1 aromatic rings. The number of hydrogen-bond donors (Lipinski definition) is 3. The standard InChI is InChI=1S/C27H38N4O9/c1-19(34)9-10-24(27(39)40)31-14-12-29(22(25(35)36)7-3-15-32)11-13-30(23(26(37)38)8-4-16-33)17-20-5-2-6-21(18-31)28-20/h2,5-6,15-16,22-24H,3-4,7-14,17-18H2,1H3,(H,35,36)(H,37,38)(H,39,40)/t22-,23-,24-/m1/s1. The molecule has 13 heteroatoms. The van der Waals surface area contributed by atoms with Gasteiger partial charge in [-0.1, -0.05) is 6.07 Å². The predicted molar refractivity (Wildman–Crippen MR) is 141 cm³/mol. The van der Waals surface area contributed by atoms with E-state index in [-0.39, 0.29) is 83.6 Å². The largest absolute Gasteiger partial charge is 0.480 e. The van der Waals surface area contributed by atoms with Gasteiger partial charge < -0.3 is 29.7 Å². The first kappa shape index (κ1) is 32.7. The zero-order valence-corrected chi connectivity index (χ0v) is 22.7. The first-order valence-electron chi connectivity index (χ1n) is 13.3. The molecule has 2 rings (SSSR count). The highest BCUT2D eigenvalue weighted by Gasteiger charge is 2.32. The van der Waals surface area contributed by atoms with E-state index in [1.807, 2.05) is 0 Å². The number of nitrogens with zero attached hydrogens (tertiary/aromatic N) is 4. The number of fused-ring (bicyclic) bond motifs is 2. The van der Waals surface area contributed by atoms with Crippen LogP contribution in [-0.4, -0.2) is 116 Å². The maximum Gasteiger partial charge on any atom is 0.320 e. The molecule has 13 nitrogen and oxygen atoms in total. The number of rotatable bonds is 15. The number of pyridine rings is 1. The summed E-state index contributed by atoms with van der Waals surface area (Å²) in [6, 6.07) is 2.09. The Balaban J connectivity index is 2.53. The van der Waals surface area contributed by atoms with Gasteiger partial charge in [-0.25, -0.2) is 0 Å². The maximum atomic E-state index is 12.2. The lowest BCUT2D eigenvalue weighted by molar-refractivity contribution is -0.147. The van der Waals surface area contributed by atoms with Gasteiger partial charge in [0.1, 0.15) is 36.5 Å². The van der Waals surface area contributed by atoms with Gasteiger partial charge in [0.25, 0.3) is 0 Å². The normalized spacial score (nSPS) is 17.9. The molecule has 1 aliphatic heterocycles. The summed E-state index contributed by atoms with van der Waals surface area (Å²) < 4.78 is 0. The summed E-state index contributed by atoms with van der Waals surface area (Å²) in [5.41, 5.74) is 1.07. The van der Waals surface area contributed by atoms with Crippen LogP contribution in [0.15, 0.2) is 18.2 Å². The molecule has 0 spiro atoms. The highest BCUT2D eigenvalue weighted by atomic mass is 16.4. The molecule has 0 aliphatic carbocycles. The Morgan fingerprint density at radius 1 is 0.750 bits per heavy atom. The molecule has 0 saturated carbocycles. The van der Waals surface area contributed by atoms with Crippen LogP contribution < -0.4 is 0 Å². The summed E-state index contributed by atoms with van der Waals surface area (Å²) in [7, 11) is 0. The van der Waals surface area contributed by atoms with Gasteiger partial charge in [-0.2, -0.15) is 0 Å². The third-order valence-corrected chi connectivity index (χ3v) is 7.01. The molecular formula is C27H38N4O9. The highest BCUT2D eigenvalue weighted by molar-refractivity contribution is 5.78. The van der Waals surface area contributed by atoms with Crippen molar-refractivity contribution in [3.05, 3.63) is 29.6 Å². The van der Waals surface area contributed by atoms with E-state index >= 15 is 0 Å². The smallest absolute Gasteiger partial charge is 0.320 e. The van der Waals surface area contributed by atoms with E-state index in [0.29, 0.717) is 24.0 Å². The van der Waals surface area contributed by atoms with E-state index in [1.54, 1.807) is 32.9 Å². The van der Waals surface area contributed by atoms with Crippen molar-refractivity contribution in [1.29, 1.82) is 0 Å². The number of hydrogen-bond acceptors (Lipinski definition) is 10. The summed E-state index contributed by atoms with van der Waals surface area (Å²) in [6.07, 6.45) is 1.55. The third kappa shape index (κ3) is 10.2. The summed E-state index contributed by atoms with van der Waals surface area (Å²) >= 11 is 0. The molecule has 3 N–H and O–H groups in total. The van der Waals surface area contributed by atoms with Gasteiger partial charge in [0, 0.05) is 58.5 Å². The molecule has 40 heavy (non-hydrogen) atoms. The van der Waals surface area contributed by atoms with Crippen molar-refractivity contribution in [3.8, 4) is 0 Å². The average Bonchev–Trinajstić information content (AvgIpc) is 2.88. The van der Waals surface area contributed by atoms with E-state index in [9.17, 15) is 44.1 Å². The molecule has 3 atom stereocenters. The molecule has 1 aliphatic rings. The maximum absolute atomic E-state index is 12.2. The number of aromatic nitrogens is 1. The van der Waals surface area contributed by atoms with Crippen LogP contribution in [0.25, 0.3) is 0 Å². The average molecular weight is 563 g/mol. The predicted octanol–water partition coefficient (Wildman–Crippen LogP) is 0.688. The van der Waals surface area contributed by atoms with Gasteiger partial charge in [0.2, 0.25) is 0 Å². The van der Waals surface area contributed by atoms with E-state index in [0.717, 1.165) is 0 Å². The van der Waals surface area contributed by atoms with Crippen LogP contribution in [0.1, 0.15) is 56.8 Å². The van der Waals surface area contributed by atoms with Crippen molar-refractivity contribution in [1.82, 2.24) is 19.7 Å². The molecule has 2 heterocycles. The fourth-order valence-electron chi connectivity index (χ4n) is 4.93. The lowest BCUT2D eigenvalue weighted by Gasteiger charge is -2.36. The fraction of sp³-hybridized carbons (Fsp3) is 0.593. The van der Waals surface area contributed by atoms with Crippen molar-refractivity contribution < 1.29 is 44.1 Å². The summed E-state index contributed by atoms with van der Waals surface area (Å²) in [6.45, 7) is 2.07. The van der Waals surface area contributed by atoms with E-state index in [4.69, 9.17) is 0 Å². The minimum Gasteiger partial charge on any atom is -0.480 e. The Morgan fingerprint density at radius 2 is 1.15 bits per heavy atom. The number of ketones is 1. The lowest BCUT2D eigenvalue weighted by atomic mass is 10.1. The topological polar surface area (TPSA) is 186 Å². The van der Waals surface area contributed by atoms with Crippen LogP contribution >= 0.6 is 0 Å². The number of Topliss-reactive ketones (excluding diaryl/α,β-unsaturated/α-hetero) is 1. The Bertz CT molecular complexity index is 1050. The minimum absolute atomic E-state index is 0.00281. The molecule has 1 aromatic heterocycles. The van der Waals surface area contributed by atoms with Crippen LogP contribution in [0.3, 0.4) is 0 Å². The third-order valence-electron chi connectivity index (χ3n) is 7.01. The van der Waals surface area contributed by atoms with E-state index in [2.05, 4.69) is 4.98 Å². The lowest BCUT2D eigenvalue weighted by Crippen LogP contribution is -2.52. The van der Waals surface area contributed by atoms with Crippen LogP contribution in [-0.2, 0) is 41.9 Å². The number of carbonyl (C=O) groups excluding carboxylic acids is 3. The van der Waals surface area contributed by atoms with Crippen LogP contribution in [0, 0.1) is 0 Å². The second-order valence-corrected chi connectivity index (χ2v) is 9.89. The van der Waals surface area contributed by atoms with Gasteiger partial charge in [-0.15, -0.1) is 0 Å². The van der Waals surface area contributed by atoms with Crippen LogP contribution in [0.2, 0.25) is 0 Å². The molecule has 0 amide bonds. The van der Waals surface area contributed by atoms with Gasteiger partial charge in [-0.05, 0) is 38.3 Å². The Hall–Kier alpha value is -3.55. The van der Waals surface area contributed by atoms with E-state index in [1.165, 1.54) is 6.92 Å². The molecule has 0 saturated heterocycles. The summed E-state index contributed by atoms with van der Waals surface area (Å²) in [4.78, 5) is 79.9. The molecular weight excluding hydrogens is 524 g/mol. The SMILES string of the molecule is CC(=O)CC[C@H](C(=O)O)N1CCN([C@H](CCC=O)C(=O)O)CCN([C@H](CCC=O)C(=O)O)Cc2cccc(n2)C1. The number of carboxylic acid groups (broad SMARTS) is 3. The van der Waals surface area contributed by atoms with Crippen molar-refractivity contribution in [3.63, 3.8) is 0 Å². The molecule has 0 aromatic carbocycles. The molecule has 0 fully saturated rings. The monoisotopic (exact) mass is 562 g/mol. The van der Waals surface area contributed by atoms with Crippen LogP contribution in [0.4, 0.5) is 0 Å². The zero-order valence-electron chi connectivity index (χ0n) is 22.7. The Labute approximate surface area is 232 Å². The number of carbonyl (C=O) groups is 6. The van der Waals surface area contributed by atoms with Crippen LogP contribution in [0.5, 0.6) is 0 Å². The fourth-order valence-corrected chi connectivity index (χ4v) is 4.93. The second kappa shape index (κ2) is 16.5. The zero-order chi connectivity index (χ0) is 29.7. The first-order valence-corrected chi connectivity index (χ1v) is 13.3. The minimum atomic E-state index is -1.15. The molecule has 0 unspecified atom stereocenters. The number of aliphatic carboxylic acids is 3. The van der Waals surface area contributed by atoms with Crippen molar-refractivity contribution in [2.45, 2.75) is 76.7 Å². The van der Waals surface area contributed by atoms with Gasteiger partial charge in [0.15, 0.2) is 0 Å². The van der Waals surface area contributed by atoms with E-state index < -0.39 is 36.0 Å². The summed E-state index contributed by atoms with van der Waals surface area (Å²) in [5.74, 6) is -3.53. The second-order valence-electron chi connectivity index (χ2n) is 9.89. The molecule has 220 valence electrons. The van der Waals surface area contributed by atoms with Gasteiger partial charge in [-0.3, -0.25) is 34.1 Å². The van der Waals surface area contributed by atoms with Gasteiger partial charge in [0.05, 0.1) is 11.4 Å². The Kier molecular flexibility index (Phi) is 13.5.